The topological polar surface area (TPSA) is 29.3 Å². The van der Waals surface area contributed by atoms with Crippen LogP contribution >= 0.6 is 0 Å². The van der Waals surface area contributed by atoms with Gasteiger partial charge in [-0.15, -0.1) is 0 Å². The van der Waals surface area contributed by atoms with Gasteiger partial charge in [0, 0.05) is 18.6 Å². The van der Waals surface area contributed by atoms with E-state index in [9.17, 15) is 0 Å². The molecule has 2 N–H and O–H groups in total. The van der Waals surface area contributed by atoms with Gasteiger partial charge < -0.3 is 10.6 Å². The molecule has 86 valence electrons. The van der Waals surface area contributed by atoms with Crippen LogP contribution in [0, 0.1) is 11.3 Å². The first-order valence-electron chi connectivity index (χ1n) is 5.62. The molecule has 0 spiro atoms. The highest BCUT2D eigenvalue weighted by molar-refractivity contribution is 4.81. The van der Waals surface area contributed by atoms with Crippen LogP contribution in [0.15, 0.2) is 0 Å². The van der Waals surface area contributed by atoms with Gasteiger partial charge in [-0.2, -0.15) is 0 Å². The zero-order chi connectivity index (χ0) is 11.5. The SMILES string of the molecule is CC(C)C(C)N(C)CC(N)C(C)(C)C. The average Bonchev–Trinajstić information content (AvgIpc) is 2.00. The summed E-state index contributed by atoms with van der Waals surface area (Å²) in [6.45, 7) is 14.3. The highest BCUT2D eigenvalue weighted by Gasteiger charge is 2.24. The van der Waals surface area contributed by atoms with E-state index in [1.54, 1.807) is 0 Å². The number of hydrogen-bond acceptors (Lipinski definition) is 2. The van der Waals surface area contributed by atoms with Crippen LogP contribution in [0.1, 0.15) is 41.5 Å². The first-order valence-corrected chi connectivity index (χ1v) is 5.62. The van der Waals surface area contributed by atoms with E-state index >= 15 is 0 Å². The first-order chi connectivity index (χ1) is 6.16. The van der Waals surface area contributed by atoms with Crippen molar-refractivity contribution in [3.05, 3.63) is 0 Å². The second-order valence-electron chi connectivity index (χ2n) is 5.90. The number of nitrogens with two attached hydrogens (primary N) is 1. The van der Waals surface area contributed by atoms with Gasteiger partial charge in [0.2, 0.25) is 0 Å². The fourth-order valence-corrected chi connectivity index (χ4v) is 1.26. The van der Waals surface area contributed by atoms with E-state index in [-0.39, 0.29) is 11.5 Å². The molecule has 0 aromatic heterocycles. The fraction of sp³-hybridized carbons (Fsp3) is 1.00. The standard InChI is InChI=1S/C12H28N2/c1-9(2)10(3)14(7)8-11(13)12(4,5)6/h9-11H,8,13H2,1-7H3. The molecule has 0 aromatic rings. The van der Waals surface area contributed by atoms with Gasteiger partial charge in [0.25, 0.3) is 0 Å². The normalized spacial score (nSPS) is 17.6. The van der Waals surface area contributed by atoms with Crippen LogP contribution in [0.2, 0.25) is 0 Å². The smallest absolute Gasteiger partial charge is 0.0217 e. The average molecular weight is 200 g/mol. The molecule has 2 heteroatoms. The largest absolute Gasteiger partial charge is 0.326 e. The molecule has 2 atom stereocenters. The van der Waals surface area contributed by atoms with Crippen LogP contribution in [-0.4, -0.2) is 30.6 Å². The lowest BCUT2D eigenvalue weighted by Gasteiger charge is -2.35. The summed E-state index contributed by atoms with van der Waals surface area (Å²) in [6.07, 6.45) is 0. The maximum absolute atomic E-state index is 6.15. The van der Waals surface area contributed by atoms with Crippen LogP contribution in [0.25, 0.3) is 0 Å². The molecule has 0 aromatic carbocycles. The van der Waals surface area contributed by atoms with E-state index in [1.807, 2.05) is 0 Å². The van der Waals surface area contributed by atoms with Crippen molar-refractivity contribution < 1.29 is 0 Å². The molecular weight excluding hydrogens is 172 g/mol. The van der Waals surface area contributed by atoms with Crippen molar-refractivity contribution in [2.75, 3.05) is 13.6 Å². The van der Waals surface area contributed by atoms with Crippen LogP contribution < -0.4 is 5.73 Å². The Bertz CT molecular complexity index is 158. The Morgan fingerprint density at radius 2 is 1.57 bits per heavy atom. The summed E-state index contributed by atoms with van der Waals surface area (Å²) in [6, 6.07) is 0.845. The predicted octanol–water partition coefficient (Wildman–Crippen LogP) is 2.34. The number of nitrogens with zero attached hydrogens (tertiary/aromatic N) is 1. The van der Waals surface area contributed by atoms with Crippen molar-refractivity contribution in [1.29, 1.82) is 0 Å². The molecular formula is C12H28N2. The monoisotopic (exact) mass is 200 g/mol. The van der Waals surface area contributed by atoms with Crippen LogP contribution in [0.3, 0.4) is 0 Å². The van der Waals surface area contributed by atoms with Crippen molar-refractivity contribution in [1.82, 2.24) is 4.90 Å². The molecule has 0 bridgehead atoms. The minimum atomic E-state index is 0.199. The molecule has 0 saturated carbocycles. The van der Waals surface area contributed by atoms with Gasteiger partial charge in [0.1, 0.15) is 0 Å². The van der Waals surface area contributed by atoms with Crippen molar-refractivity contribution in [3.63, 3.8) is 0 Å². The second-order valence-corrected chi connectivity index (χ2v) is 5.90. The number of rotatable bonds is 4. The van der Waals surface area contributed by atoms with Crippen molar-refractivity contribution in [2.45, 2.75) is 53.6 Å². The predicted molar refractivity (Wildman–Crippen MR) is 64.4 cm³/mol. The molecule has 2 nitrogen and oxygen atoms in total. The molecule has 0 aliphatic carbocycles. The van der Waals surface area contributed by atoms with Crippen LogP contribution in [-0.2, 0) is 0 Å². The van der Waals surface area contributed by atoms with Crippen LogP contribution in [0.5, 0.6) is 0 Å². The second kappa shape index (κ2) is 5.13. The number of hydrogen-bond donors (Lipinski definition) is 1. The van der Waals surface area contributed by atoms with E-state index in [4.69, 9.17) is 5.73 Å². The third-order valence-electron chi connectivity index (χ3n) is 3.26. The van der Waals surface area contributed by atoms with E-state index in [1.165, 1.54) is 0 Å². The molecule has 0 heterocycles. The van der Waals surface area contributed by atoms with Crippen molar-refractivity contribution in [3.8, 4) is 0 Å². The van der Waals surface area contributed by atoms with E-state index in [2.05, 4.69) is 53.5 Å². The third kappa shape index (κ3) is 4.43. The number of likely N-dealkylation sites (N-methyl/N-ethyl adjacent to an activating group) is 1. The highest BCUT2D eigenvalue weighted by atomic mass is 15.1. The summed E-state index contributed by atoms with van der Waals surface area (Å²) in [7, 11) is 2.16. The van der Waals surface area contributed by atoms with E-state index < -0.39 is 0 Å². The van der Waals surface area contributed by atoms with Crippen LogP contribution in [0.4, 0.5) is 0 Å². The molecule has 14 heavy (non-hydrogen) atoms. The molecule has 2 unspecified atom stereocenters. The fourth-order valence-electron chi connectivity index (χ4n) is 1.26. The van der Waals surface area contributed by atoms with Crippen molar-refractivity contribution in [2.24, 2.45) is 17.1 Å². The Balaban J connectivity index is 4.12. The Morgan fingerprint density at radius 3 is 1.86 bits per heavy atom. The van der Waals surface area contributed by atoms with E-state index in [0.29, 0.717) is 12.0 Å². The molecule has 0 amide bonds. The molecule has 0 aliphatic rings. The van der Waals surface area contributed by atoms with Gasteiger partial charge in [-0.1, -0.05) is 34.6 Å². The lowest BCUT2D eigenvalue weighted by molar-refractivity contribution is 0.162. The Labute approximate surface area is 89.9 Å². The third-order valence-corrected chi connectivity index (χ3v) is 3.26. The van der Waals surface area contributed by atoms with Gasteiger partial charge in [-0.25, -0.2) is 0 Å². The summed E-state index contributed by atoms with van der Waals surface area (Å²) in [4.78, 5) is 2.36. The zero-order valence-electron chi connectivity index (χ0n) is 11.0. The lowest BCUT2D eigenvalue weighted by Crippen LogP contribution is -2.47. The van der Waals surface area contributed by atoms with Gasteiger partial charge in [0.15, 0.2) is 0 Å². The van der Waals surface area contributed by atoms with E-state index in [0.717, 1.165) is 6.54 Å². The summed E-state index contributed by atoms with van der Waals surface area (Å²) in [5, 5.41) is 0. The Morgan fingerprint density at radius 1 is 1.14 bits per heavy atom. The first kappa shape index (κ1) is 13.9. The van der Waals surface area contributed by atoms with Gasteiger partial charge in [-0.3, -0.25) is 0 Å². The molecule has 0 saturated heterocycles. The molecule has 0 aliphatic heterocycles. The zero-order valence-corrected chi connectivity index (χ0v) is 11.0. The molecule has 0 fully saturated rings. The Hall–Kier alpha value is -0.0800. The lowest BCUT2D eigenvalue weighted by atomic mass is 9.87. The maximum atomic E-state index is 6.15. The summed E-state index contributed by atoms with van der Waals surface area (Å²) in [5.41, 5.74) is 6.35. The van der Waals surface area contributed by atoms with Gasteiger partial charge in [0.05, 0.1) is 0 Å². The summed E-state index contributed by atoms with van der Waals surface area (Å²) >= 11 is 0. The molecule has 0 rings (SSSR count). The highest BCUT2D eigenvalue weighted by Crippen LogP contribution is 2.19. The maximum Gasteiger partial charge on any atom is 0.0217 e. The minimum absolute atomic E-state index is 0.199. The summed E-state index contributed by atoms with van der Waals surface area (Å²) < 4.78 is 0. The minimum Gasteiger partial charge on any atom is -0.326 e. The quantitative estimate of drug-likeness (QED) is 0.755. The Kier molecular flexibility index (Phi) is 5.10. The van der Waals surface area contributed by atoms with Gasteiger partial charge >= 0.3 is 0 Å². The van der Waals surface area contributed by atoms with Crippen molar-refractivity contribution >= 4 is 0 Å². The molecule has 0 radical (unpaired) electrons. The summed E-state index contributed by atoms with van der Waals surface area (Å²) in [5.74, 6) is 0.687. The van der Waals surface area contributed by atoms with Gasteiger partial charge in [-0.05, 0) is 25.3 Å².